The maximum Gasteiger partial charge on any atom is 0.330 e. The van der Waals surface area contributed by atoms with Crippen molar-refractivity contribution in [1.29, 1.82) is 0 Å². The standard InChI is InChI=1S/C8H15NO2.C5H8O2/c1-7(8(10)11)5-4-6-9(2)3;1-3-4(2)5(6)7/h5H,4,6H2,1-3H3,(H,10,11);2-3H2,1H3,(H,6,7). The van der Waals surface area contributed by atoms with Gasteiger partial charge in [0, 0.05) is 17.7 Å². The maximum absolute atomic E-state index is 10.3. The number of aliphatic carboxylic acids is 2. The van der Waals surface area contributed by atoms with Gasteiger partial charge in [-0.1, -0.05) is 19.6 Å². The minimum atomic E-state index is -0.900. The lowest BCUT2D eigenvalue weighted by atomic mass is 10.2. The summed E-state index contributed by atoms with van der Waals surface area (Å²) in [7, 11) is 3.92. The summed E-state index contributed by atoms with van der Waals surface area (Å²) in [5.74, 6) is -1.73. The highest BCUT2D eigenvalue weighted by Gasteiger charge is 1.97. The van der Waals surface area contributed by atoms with Crippen molar-refractivity contribution in [3.05, 3.63) is 23.8 Å². The number of carboxylic acids is 2. The van der Waals surface area contributed by atoms with Crippen LogP contribution in [0.25, 0.3) is 0 Å². The SMILES string of the molecule is C=C(CC)C(=O)O.CC(=CCCN(C)C)C(=O)O. The van der Waals surface area contributed by atoms with E-state index in [9.17, 15) is 9.59 Å². The fourth-order valence-electron chi connectivity index (χ4n) is 0.778. The molecule has 2 N–H and O–H groups in total. The van der Waals surface area contributed by atoms with Crippen molar-refractivity contribution in [2.45, 2.75) is 26.7 Å². The second kappa shape index (κ2) is 10.5. The third-order valence-corrected chi connectivity index (χ3v) is 2.09. The quantitative estimate of drug-likeness (QED) is 0.712. The van der Waals surface area contributed by atoms with E-state index in [1.54, 1.807) is 19.9 Å². The van der Waals surface area contributed by atoms with Gasteiger partial charge in [0.05, 0.1) is 0 Å². The molecule has 0 aliphatic rings. The Morgan fingerprint density at radius 1 is 1.22 bits per heavy atom. The summed E-state index contributed by atoms with van der Waals surface area (Å²) < 4.78 is 0. The molecule has 0 spiro atoms. The Morgan fingerprint density at radius 3 is 1.94 bits per heavy atom. The lowest BCUT2D eigenvalue weighted by molar-refractivity contribution is -0.133. The molecule has 0 aromatic carbocycles. The Morgan fingerprint density at radius 2 is 1.72 bits per heavy atom. The third-order valence-electron chi connectivity index (χ3n) is 2.09. The molecule has 0 rings (SSSR count). The van der Waals surface area contributed by atoms with Crippen LogP contribution in [0.5, 0.6) is 0 Å². The van der Waals surface area contributed by atoms with Crippen molar-refractivity contribution < 1.29 is 19.8 Å². The largest absolute Gasteiger partial charge is 0.478 e. The lowest BCUT2D eigenvalue weighted by Gasteiger charge is -2.05. The van der Waals surface area contributed by atoms with Gasteiger partial charge in [0.15, 0.2) is 0 Å². The average Bonchev–Trinajstić information content (AvgIpc) is 2.27. The first-order valence-electron chi connectivity index (χ1n) is 5.68. The van der Waals surface area contributed by atoms with Crippen molar-refractivity contribution in [2.24, 2.45) is 0 Å². The van der Waals surface area contributed by atoms with Crippen LogP contribution in [0.3, 0.4) is 0 Å². The van der Waals surface area contributed by atoms with Crippen LogP contribution >= 0.6 is 0 Å². The van der Waals surface area contributed by atoms with Crippen LogP contribution in [0, 0.1) is 0 Å². The van der Waals surface area contributed by atoms with Crippen molar-refractivity contribution in [1.82, 2.24) is 4.90 Å². The first-order chi connectivity index (χ1) is 8.22. The monoisotopic (exact) mass is 257 g/mol. The van der Waals surface area contributed by atoms with Crippen LogP contribution in [-0.2, 0) is 9.59 Å². The number of carboxylic acid groups (broad SMARTS) is 2. The Kier molecular flexibility index (Phi) is 11.0. The third kappa shape index (κ3) is 12.4. The second-order valence-electron chi connectivity index (χ2n) is 4.05. The predicted molar refractivity (Wildman–Crippen MR) is 71.6 cm³/mol. The van der Waals surface area contributed by atoms with Gasteiger partial charge in [-0.3, -0.25) is 0 Å². The number of rotatable bonds is 6. The minimum Gasteiger partial charge on any atom is -0.478 e. The van der Waals surface area contributed by atoms with E-state index in [0.29, 0.717) is 12.0 Å². The molecule has 0 unspecified atom stereocenters. The zero-order valence-corrected chi connectivity index (χ0v) is 11.6. The van der Waals surface area contributed by atoms with Gasteiger partial charge in [-0.05, 0) is 33.9 Å². The molecule has 0 fully saturated rings. The van der Waals surface area contributed by atoms with Crippen molar-refractivity contribution in [2.75, 3.05) is 20.6 Å². The summed E-state index contributed by atoms with van der Waals surface area (Å²) in [6.45, 7) is 7.54. The predicted octanol–water partition coefficient (Wildman–Crippen LogP) is 2.01. The van der Waals surface area contributed by atoms with Gasteiger partial charge in [0.2, 0.25) is 0 Å². The van der Waals surface area contributed by atoms with Crippen LogP contribution in [0.2, 0.25) is 0 Å². The number of hydrogen-bond donors (Lipinski definition) is 2. The van der Waals surface area contributed by atoms with Crippen LogP contribution in [0.4, 0.5) is 0 Å². The number of carbonyl (C=O) groups is 2. The molecule has 0 aliphatic carbocycles. The molecule has 5 nitrogen and oxygen atoms in total. The molecule has 0 bridgehead atoms. The van der Waals surface area contributed by atoms with E-state index < -0.39 is 11.9 Å². The summed E-state index contributed by atoms with van der Waals surface area (Å²) in [5, 5.41) is 16.5. The van der Waals surface area contributed by atoms with Crippen molar-refractivity contribution in [3.8, 4) is 0 Å². The average molecular weight is 257 g/mol. The molecule has 0 aromatic heterocycles. The molecule has 104 valence electrons. The van der Waals surface area contributed by atoms with Crippen LogP contribution in [-0.4, -0.2) is 47.7 Å². The zero-order chi connectivity index (χ0) is 14.7. The molecule has 0 saturated heterocycles. The summed E-state index contributed by atoms with van der Waals surface area (Å²) in [6.07, 6.45) is 3.06. The summed E-state index contributed by atoms with van der Waals surface area (Å²) >= 11 is 0. The van der Waals surface area contributed by atoms with Crippen molar-refractivity contribution in [3.63, 3.8) is 0 Å². The Hall–Kier alpha value is -1.62. The molecule has 0 amide bonds. The molecule has 0 saturated carbocycles. The second-order valence-corrected chi connectivity index (χ2v) is 4.05. The summed E-state index contributed by atoms with van der Waals surface area (Å²) in [5.41, 5.74) is 0.687. The highest BCUT2D eigenvalue weighted by Crippen LogP contribution is 1.95. The van der Waals surface area contributed by atoms with Gasteiger partial charge < -0.3 is 15.1 Å². The van der Waals surface area contributed by atoms with E-state index >= 15 is 0 Å². The molecule has 0 heterocycles. The molecule has 0 radical (unpaired) electrons. The molecule has 0 aliphatic heterocycles. The summed E-state index contributed by atoms with van der Waals surface area (Å²) in [6, 6.07) is 0. The fourth-order valence-corrected chi connectivity index (χ4v) is 0.778. The lowest BCUT2D eigenvalue weighted by Crippen LogP contribution is -2.12. The van der Waals surface area contributed by atoms with E-state index in [2.05, 4.69) is 6.58 Å². The number of nitrogens with zero attached hydrogens (tertiary/aromatic N) is 1. The minimum absolute atomic E-state index is 0.264. The maximum atomic E-state index is 10.3. The van der Waals surface area contributed by atoms with Gasteiger partial charge in [0.25, 0.3) is 0 Å². The van der Waals surface area contributed by atoms with E-state index in [0.717, 1.165) is 13.0 Å². The van der Waals surface area contributed by atoms with Gasteiger partial charge in [-0.2, -0.15) is 0 Å². The first kappa shape index (κ1) is 18.7. The Labute approximate surface area is 108 Å². The van der Waals surface area contributed by atoms with Gasteiger partial charge in [0.1, 0.15) is 0 Å². The molecule has 0 aromatic rings. The Bertz CT molecular complexity index is 319. The molecule has 0 atom stereocenters. The van der Waals surface area contributed by atoms with E-state index in [-0.39, 0.29) is 5.57 Å². The van der Waals surface area contributed by atoms with Crippen LogP contribution in [0.15, 0.2) is 23.8 Å². The topological polar surface area (TPSA) is 77.8 Å². The van der Waals surface area contributed by atoms with E-state index in [4.69, 9.17) is 10.2 Å². The van der Waals surface area contributed by atoms with E-state index in [1.807, 2.05) is 19.0 Å². The number of hydrogen-bond acceptors (Lipinski definition) is 3. The fraction of sp³-hybridized carbons (Fsp3) is 0.538. The highest BCUT2D eigenvalue weighted by atomic mass is 16.4. The molecule has 18 heavy (non-hydrogen) atoms. The normalized spacial score (nSPS) is 10.6. The smallest absolute Gasteiger partial charge is 0.330 e. The summed E-state index contributed by atoms with van der Waals surface area (Å²) in [4.78, 5) is 22.1. The van der Waals surface area contributed by atoms with Crippen LogP contribution in [0.1, 0.15) is 26.7 Å². The molecule has 5 heteroatoms. The van der Waals surface area contributed by atoms with E-state index in [1.165, 1.54) is 0 Å². The molecular weight excluding hydrogens is 234 g/mol. The van der Waals surface area contributed by atoms with Crippen molar-refractivity contribution >= 4 is 11.9 Å². The Balaban J connectivity index is 0. The zero-order valence-electron chi connectivity index (χ0n) is 11.6. The first-order valence-corrected chi connectivity index (χ1v) is 5.68. The van der Waals surface area contributed by atoms with Gasteiger partial charge in [-0.15, -0.1) is 0 Å². The highest BCUT2D eigenvalue weighted by molar-refractivity contribution is 5.85. The molecular formula is C13H23NO4. The van der Waals surface area contributed by atoms with Crippen LogP contribution < -0.4 is 0 Å². The van der Waals surface area contributed by atoms with Gasteiger partial charge >= 0.3 is 11.9 Å². The van der Waals surface area contributed by atoms with Gasteiger partial charge in [-0.25, -0.2) is 9.59 Å².